The summed E-state index contributed by atoms with van der Waals surface area (Å²) in [4.78, 5) is 22.9. The number of esters is 1. The van der Waals surface area contributed by atoms with Gasteiger partial charge in [0.2, 0.25) is 0 Å². The lowest BCUT2D eigenvalue weighted by atomic mass is 10.0. The summed E-state index contributed by atoms with van der Waals surface area (Å²) in [5.41, 5.74) is 0. The zero-order valence-electron chi connectivity index (χ0n) is 28.1. The Bertz CT molecular complexity index is 639. The van der Waals surface area contributed by atoms with Crippen molar-refractivity contribution in [1.82, 2.24) is 0 Å². The number of carboxylic acids is 1. The minimum atomic E-state index is -0.690. The first-order valence-corrected chi connectivity index (χ1v) is 18.3. The molecule has 0 aliphatic rings. The van der Waals surface area contributed by atoms with Crippen molar-refractivity contribution in [1.29, 1.82) is 0 Å². The number of unbranched alkanes of at least 4 members (excludes halogenated alkanes) is 20. The molecule has 0 bridgehead atoms. The number of aliphatic carboxylic acids is 1. The number of allylic oxidation sites excluding steroid dienone is 4. The highest BCUT2D eigenvalue weighted by molar-refractivity contribution is 5.69. The fourth-order valence-corrected chi connectivity index (χ4v) is 5.50. The van der Waals surface area contributed by atoms with Gasteiger partial charge in [0.25, 0.3) is 0 Å². The van der Waals surface area contributed by atoms with Crippen LogP contribution in [0.5, 0.6) is 0 Å². The summed E-state index contributed by atoms with van der Waals surface area (Å²) in [6.07, 6.45) is 42.6. The van der Waals surface area contributed by atoms with Crippen LogP contribution < -0.4 is 0 Å². The first kappa shape index (κ1) is 40.4. The van der Waals surface area contributed by atoms with Gasteiger partial charge in [-0.3, -0.25) is 9.59 Å². The van der Waals surface area contributed by atoms with E-state index in [2.05, 4.69) is 38.2 Å². The van der Waals surface area contributed by atoms with Crippen LogP contribution in [0.25, 0.3) is 0 Å². The molecule has 1 N–H and O–H groups in total. The third-order valence-corrected chi connectivity index (χ3v) is 8.16. The maximum absolute atomic E-state index is 12.3. The molecule has 0 saturated carbocycles. The van der Waals surface area contributed by atoms with Gasteiger partial charge in [-0.25, -0.2) is 0 Å². The Labute approximate surface area is 261 Å². The van der Waals surface area contributed by atoms with E-state index in [4.69, 9.17) is 9.84 Å². The number of carboxylic acid groups (broad SMARTS) is 1. The van der Waals surface area contributed by atoms with Gasteiger partial charge in [0.05, 0.1) is 0 Å². The highest BCUT2D eigenvalue weighted by Gasteiger charge is 2.13. The lowest BCUT2D eigenvalue weighted by Crippen LogP contribution is -2.18. The molecule has 0 radical (unpaired) electrons. The molecule has 246 valence electrons. The van der Waals surface area contributed by atoms with Crippen molar-refractivity contribution in [2.24, 2.45) is 0 Å². The molecule has 0 aromatic heterocycles. The van der Waals surface area contributed by atoms with Gasteiger partial charge in [0.1, 0.15) is 6.10 Å². The summed E-state index contributed by atoms with van der Waals surface area (Å²) in [6, 6.07) is 0. The van der Waals surface area contributed by atoms with Gasteiger partial charge in [-0.1, -0.05) is 147 Å². The van der Waals surface area contributed by atoms with Crippen molar-refractivity contribution in [2.75, 3.05) is 0 Å². The van der Waals surface area contributed by atoms with E-state index in [1.54, 1.807) is 0 Å². The lowest BCUT2D eigenvalue weighted by molar-refractivity contribution is -0.150. The smallest absolute Gasteiger partial charge is 0.306 e. The molecule has 0 rings (SSSR count). The van der Waals surface area contributed by atoms with E-state index in [9.17, 15) is 9.59 Å². The van der Waals surface area contributed by atoms with Crippen molar-refractivity contribution in [3.63, 3.8) is 0 Å². The third-order valence-electron chi connectivity index (χ3n) is 8.16. The summed E-state index contributed by atoms with van der Waals surface area (Å²) in [7, 11) is 0. The molecule has 0 fully saturated rings. The largest absolute Gasteiger partial charge is 0.481 e. The number of carbonyl (C=O) groups is 2. The zero-order valence-corrected chi connectivity index (χ0v) is 28.1. The zero-order chi connectivity index (χ0) is 30.8. The van der Waals surface area contributed by atoms with Crippen LogP contribution in [-0.4, -0.2) is 23.1 Å². The third kappa shape index (κ3) is 32.9. The lowest BCUT2D eigenvalue weighted by Gasteiger charge is -2.17. The molecule has 0 saturated heterocycles. The Hall–Kier alpha value is -1.58. The van der Waals surface area contributed by atoms with Crippen LogP contribution in [0.2, 0.25) is 0 Å². The molecule has 4 heteroatoms. The average Bonchev–Trinajstić information content (AvgIpc) is 2.97. The number of carbonyl (C=O) groups excluding carboxylic acids is 1. The van der Waals surface area contributed by atoms with E-state index >= 15 is 0 Å². The number of rotatable bonds is 33. The molecule has 42 heavy (non-hydrogen) atoms. The maximum Gasteiger partial charge on any atom is 0.306 e. The number of hydrogen-bond donors (Lipinski definition) is 1. The first-order chi connectivity index (χ1) is 20.6. The first-order valence-electron chi connectivity index (χ1n) is 18.3. The molecule has 1 unspecified atom stereocenters. The molecule has 1 atom stereocenters. The average molecular weight is 591 g/mol. The van der Waals surface area contributed by atoms with E-state index < -0.39 is 5.97 Å². The molecule has 0 aromatic rings. The highest BCUT2D eigenvalue weighted by Crippen LogP contribution is 2.17. The molecular weight excluding hydrogens is 520 g/mol. The minimum absolute atomic E-state index is 0.00277. The Balaban J connectivity index is 3.50. The SMILES string of the molecule is CCCCC/C=C\C/C=C\CCCCCCCCCCCCCC(=O)OC(CCC)CCCCCCCCCC(=O)O. The molecule has 4 nitrogen and oxygen atoms in total. The monoisotopic (exact) mass is 591 g/mol. The Morgan fingerprint density at radius 1 is 0.524 bits per heavy atom. The van der Waals surface area contributed by atoms with Crippen LogP contribution in [-0.2, 0) is 14.3 Å². The summed E-state index contributed by atoms with van der Waals surface area (Å²) in [5, 5.41) is 8.68. The van der Waals surface area contributed by atoms with Crippen molar-refractivity contribution in [3.8, 4) is 0 Å². The molecule has 0 heterocycles. The van der Waals surface area contributed by atoms with Gasteiger partial charge in [0, 0.05) is 12.8 Å². The number of ether oxygens (including phenoxy) is 1. The molecule has 0 amide bonds. The van der Waals surface area contributed by atoms with Crippen LogP contribution in [0.3, 0.4) is 0 Å². The molecule has 0 aliphatic heterocycles. The van der Waals surface area contributed by atoms with E-state index in [1.807, 2.05) is 0 Å². The molecular formula is C38H70O4. The predicted molar refractivity (Wildman–Crippen MR) is 181 cm³/mol. The van der Waals surface area contributed by atoms with E-state index in [0.29, 0.717) is 12.8 Å². The topological polar surface area (TPSA) is 63.6 Å². The molecule has 0 aromatic carbocycles. The van der Waals surface area contributed by atoms with Gasteiger partial charge in [-0.15, -0.1) is 0 Å². The van der Waals surface area contributed by atoms with Crippen molar-refractivity contribution in [3.05, 3.63) is 24.3 Å². The highest BCUT2D eigenvalue weighted by atomic mass is 16.5. The Morgan fingerprint density at radius 2 is 0.976 bits per heavy atom. The van der Waals surface area contributed by atoms with Crippen LogP contribution in [0.15, 0.2) is 24.3 Å². The van der Waals surface area contributed by atoms with Crippen LogP contribution in [0, 0.1) is 0 Å². The molecule has 0 spiro atoms. The Kier molecular flexibility index (Phi) is 32.6. The van der Waals surface area contributed by atoms with Crippen molar-refractivity contribution >= 4 is 11.9 Å². The van der Waals surface area contributed by atoms with Crippen LogP contribution >= 0.6 is 0 Å². The van der Waals surface area contributed by atoms with Gasteiger partial charge < -0.3 is 9.84 Å². The second kappa shape index (κ2) is 33.9. The second-order valence-electron chi connectivity index (χ2n) is 12.4. The minimum Gasteiger partial charge on any atom is -0.481 e. The maximum atomic E-state index is 12.3. The Morgan fingerprint density at radius 3 is 1.48 bits per heavy atom. The van der Waals surface area contributed by atoms with Gasteiger partial charge in [0.15, 0.2) is 0 Å². The predicted octanol–water partition coefficient (Wildman–Crippen LogP) is 12.4. The van der Waals surface area contributed by atoms with E-state index in [0.717, 1.165) is 64.2 Å². The number of hydrogen-bond acceptors (Lipinski definition) is 3. The summed E-state index contributed by atoms with van der Waals surface area (Å²) in [5.74, 6) is -0.693. The van der Waals surface area contributed by atoms with Gasteiger partial charge >= 0.3 is 11.9 Å². The summed E-state index contributed by atoms with van der Waals surface area (Å²) >= 11 is 0. The van der Waals surface area contributed by atoms with Gasteiger partial charge in [-0.05, 0) is 64.2 Å². The quantitative estimate of drug-likeness (QED) is 0.0469. The fraction of sp³-hybridized carbons (Fsp3) is 0.842. The molecule has 0 aliphatic carbocycles. The van der Waals surface area contributed by atoms with E-state index in [1.165, 1.54) is 109 Å². The van der Waals surface area contributed by atoms with Crippen molar-refractivity contribution in [2.45, 2.75) is 206 Å². The van der Waals surface area contributed by atoms with E-state index in [-0.39, 0.29) is 12.1 Å². The van der Waals surface area contributed by atoms with Crippen LogP contribution in [0.1, 0.15) is 200 Å². The fourth-order valence-electron chi connectivity index (χ4n) is 5.50. The second-order valence-corrected chi connectivity index (χ2v) is 12.4. The van der Waals surface area contributed by atoms with Gasteiger partial charge in [-0.2, -0.15) is 0 Å². The summed E-state index contributed by atoms with van der Waals surface area (Å²) in [6.45, 7) is 4.42. The van der Waals surface area contributed by atoms with Crippen LogP contribution in [0.4, 0.5) is 0 Å². The summed E-state index contributed by atoms with van der Waals surface area (Å²) < 4.78 is 5.82. The standard InChI is InChI=1S/C38H70O4/c1-3-5-6-7-8-9-10-11-12-13-14-15-16-17-18-19-20-21-25-28-31-35-38(41)42-36(32-4-2)33-29-26-23-22-24-27-30-34-37(39)40/h8-9,11-12,36H,3-7,10,13-35H2,1-2H3,(H,39,40)/b9-8-,12-11-. The normalized spacial score (nSPS) is 12.4. The van der Waals surface area contributed by atoms with Crippen molar-refractivity contribution < 1.29 is 19.4 Å².